The zero-order valence-electron chi connectivity index (χ0n) is 15.4. The lowest BCUT2D eigenvalue weighted by atomic mass is 10.0. The minimum atomic E-state index is 0.642. The first-order valence-corrected chi connectivity index (χ1v) is 8.95. The molecule has 0 amide bonds. The van der Waals surface area contributed by atoms with Crippen molar-refractivity contribution < 1.29 is 9.47 Å². The number of ether oxygens (including phenoxy) is 2. The maximum atomic E-state index is 5.53. The fourth-order valence-electron chi connectivity index (χ4n) is 2.66. The van der Waals surface area contributed by atoms with Crippen molar-refractivity contribution in [1.82, 2.24) is 15.2 Å². The van der Waals surface area contributed by atoms with Gasteiger partial charge in [0.05, 0.1) is 13.2 Å². The summed E-state index contributed by atoms with van der Waals surface area (Å²) in [5, 5.41) is 8.69. The van der Waals surface area contributed by atoms with Crippen LogP contribution in [0.5, 0.6) is 11.5 Å². The topological polar surface area (TPSA) is 57.1 Å². The van der Waals surface area contributed by atoms with Crippen LogP contribution >= 0.6 is 0 Å². The minimum Gasteiger partial charge on any atom is -0.494 e. The molecule has 0 unspecified atom stereocenters. The van der Waals surface area contributed by atoms with Gasteiger partial charge in [0.2, 0.25) is 0 Å². The fourth-order valence-corrected chi connectivity index (χ4v) is 2.66. The Morgan fingerprint density at radius 2 is 1.15 bits per heavy atom. The van der Waals surface area contributed by atoms with E-state index in [1.165, 1.54) is 0 Å². The van der Waals surface area contributed by atoms with Crippen molar-refractivity contribution in [2.24, 2.45) is 0 Å². The first-order valence-electron chi connectivity index (χ1n) is 8.95. The van der Waals surface area contributed by atoms with Crippen LogP contribution in [0.4, 0.5) is 0 Å². The third-order valence-electron chi connectivity index (χ3n) is 3.92. The first kappa shape index (κ1) is 17.9. The van der Waals surface area contributed by atoms with E-state index in [9.17, 15) is 0 Å². The normalized spacial score (nSPS) is 10.6. The van der Waals surface area contributed by atoms with E-state index in [-0.39, 0.29) is 0 Å². The number of hydrogen-bond acceptors (Lipinski definition) is 5. The van der Waals surface area contributed by atoms with Crippen molar-refractivity contribution in [2.45, 2.75) is 27.2 Å². The standard InChI is InChI=1S/C21H23N3O2/c1-4-19-22-20(15-7-11-17(12-8-15)25-5-2)21(24-23-19)16-9-13-18(14-10-16)26-6-3/h7-14H,4-6H2,1-3H3. The number of rotatable bonds is 7. The minimum absolute atomic E-state index is 0.642. The Hall–Kier alpha value is -2.95. The lowest BCUT2D eigenvalue weighted by molar-refractivity contribution is 0.340. The number of benzene rings is 2. The SMILES string of the molecule is CCOc1ccc(-c2nnc(CC)nc2-c2ccc(OCC)cc2)cc1. The highest BCUT2D eigenvalue weighted by molar-refractivity contribution is 5.77. The van der Waals surface area contributed by atoms with Crippen LogP contribution < -0.4 is 9.47 Å². The van der Waals surface area contributed by atoms with Gasteiger partial charge in [-0.15, -0.1) is 10.2 Å². The van der Waals surface area contributed by atoms with Gasteiger partial charge < -0.3 is 9.47 Å². The van der Waals surface area contributed by atoms with E-state index < -0.39 is 0 Å². The molecule has 0 aliphatic rings. The summed E-state index contributed by atoms with van der Waals surface area (Å²) in [4.78, 5) is 4.73. The van der Waals surface area contributed by atoms with E-state index in [0.29, 0.717) is 13.2 Å². The van der Waals surface area contributed by atoms with Gasteiger partial charge in [0.15, 0.2) is 5.82 Å². The molecule has 5 heteroatoms. The molecule has 0 saturated carbocycles. The van der Waals surface area contributed by atoms with E-state index in [1.807, 2.05) is 69.3 Å². The monoisotopic (exact) mass is 349 g/mol. The van der Waals surface area contributed by atoms with Crippen LogP contribution in [0.3, 0.4) is 0 Å². The molecule has 3 aromatic rings. The molecule has 26 heavy (non-hydrogen) atoms. The molecule has 0 fully saturated rings. The van der Waals surface area contributed by atoms with Gasteiger partial charge in [0, 0.05) is 17.5 Å². The maximum absolute atomic E-state index is 5.53. The van der Waals surface area contributed by atoms with Gasteiger partial charge in [-0.2, -0.15) is 0 Å². The molecule has 0 atom stereocenters. The van der Waals surface area contributed by atoms with Crippen molar-refractivity contribution in [3.8, 4) is 34.0 Å². The summed E-state index contributed by atoms with van der Waals surface area (Å²) >= 11 is 0. The summed E-state index contributed by atoms with van der Waals surface area (Å²) in [6.07, 6.45) is 0.737. The highest BCUT2D eigenvalue weighted by Gasteiger charge is 2.13. The van der Waals surface area contributed by atoms with E-state index in [4.69, 9.17) is 14.5 Å². The van der Waals surface area contributed by atoms with Crippen LogP contribution in [-0.4, -0.2) is 28.4 Å². The van der Waals surface area contributed by atoms with E-state index in [2.05, 4.69) is 10.2 Å². The molecule has 0 N–H and O–H groups in total. The summed E-state index contributed by atoms with van der Waals surface area (Å²) in [5.41, 5.74) is 3.53. The van der Waals surface area contributed by atoms with E-state index >= 15 is 0 Å². The molecule has 0 spiro atoms. The van der Waals surface area contributed by atoms with Gasteiger partial charge >= 0.3 is 0 Å². The van der Waals surface area contributed by atoms with Crippen LogP contribution in [0, 0.1) is 0 Å². The summed E-state index contributed by atoms with van der Waals surface area (Å²) in [6, 6.07) is 15.8. The van der Waals surface area contributed by atoms with Gasteiger partial charge in [-0.1, -0.05) is 6.92 Å². The smallest absolute Gasteiger partial charge is 0.151 e. The largest absolute Gasteiger partial charge is 0.494 e. The Balaban J connectivity index is 2.02. The second-order valence-electron chi connectivity index (χ2n) is 5.69. The number of aromatic nitrogens is 3. The van der Waals surface area contributed by atoms with E-state index in [0.717, 1.165) is 46.3 Å². The lowest BCUT2D eigenvalue weighted by Gasteiger charge is -2.11. The van der Waals surface area contributed by atoms with Crippen LogP contribution in [0.15, 0.2) is 48.5 Å². The van der Waals surface area contributed by atoms with Crippen molar-refractivity contribution in [1.29, 1.82) is 0 Å². The summed E-state index contributed by atoms with van der Waals surface area (Å²) in [5.74, 6) is 2.41. The summed E-state index contributed by atoms with van der Waals surface area (Å²) in [7, 11) is 0. The lowest BCUT2D eigenvalue weighted by Crippen LogP contribution is -2.02. The zero-order chi connectivity index (χ0) is 18.4. The van der Waals surface area contributed by atoms with Gasteiger partial charge in [-0.05, 0) is 62.4 Å². The van der Waals surface area contributed by atoms with Crippen LogP contribution in [0.2, 0.25) is 0 Å². The average Bonchev–Trinajstić information content (AvgIpc) is 2.69. The van der Waals surface area contributed by atoms with Gasteiger partial charge in [0.25, 0.3) is 0 Å². The first-order chi connectivity index (χ1) is 12.7. The molecule has 134 valence electrons. The van der Waals surface area contributed by atoms with Gasteiger partial charge in [-0.3, -0.25) is 0 Å². The van der Waals surface area contributed by atoms with Crippen molar-refractivity contribution >= 4 is 0 Å². The van der Waals surface area contributed by atoms with Gasteiger partial charge in [-0.25, -0.2) is 4.98 Å². The molecule has 0 aliphatic carbocycles. The Morgan fingerprint density at radius 3 is 1.62 bits per heavy atom. The zero-order valence-corrected chi connectivity index (χ0v) is 15.4. The molecule has 1 heterocycles. The fraction of sp³-hybridized carbons (Fsp3) is 0.286. The van der Waals surface area contributed by atoms with Crippen molar-refractivity contribution in [3.63, 3.8) is 0 Å². The van der Waals surface area contributed by atoms with Crippen LogP contribution in [0.25, 0.3) is 22.5 Å². The third-order valence-corrected chi connectivity index (χ3v) is 3.92. The Bertz CT molecular complexity index is 846. The third kappa shape index (κ3) is 3.99. The molecule has 2 aromatic carbocycles. The molecule has 0 aliphatic heterocycles. The van der Waals surface area contributed by atoms with Crippen molar-refractivity contribution in [3.05, 3.63) is 54.4 Å². The van der Waals surface area contributed by atoms with Crippen LogP contribution in [-0.2, 0) is 6.42 Å². The summed E-state index contributed by atoms with van der Waals surface area (Å²) in [6.45, 7) is 7.25. The molecule has 0 saturated heterocycles. The molecule has 3 rings (SSSR count). The van der Waals surface area contributed by atoms with Crippen molar-refractivity contribution in [2.75, 3.05) is 13.2 Å². The Kier molecular flexibility index (Phi) is 5.79. The quantitative estimate of drug-likeness (QED) is 0.625. The second kappa shape index (κ2) is 8.43. The highest BCUT2D eigenvalue weighted by atomic mass is 16.5. The number of hydrogen-bond donors (Lipinski definition) is 0. The van der Waals surface area contributed by atoms with Crippen LogP contribution in [0.1, 0.15) is 26.6 Å². The summed E-state index contributed by atoms with van der Waals surface area (Å²) < 4.78 is 11.0. The number of nitrogens with zero attached hydrogens (tertiary/aromatic N) is 3. The predicted molar refractivity (Wildman–Crippen MR) is 102 cm³/mol. The second-order valence-corrected chi connectivity index (χ2v) is 5.69. The highest BCUT2D eigenvalue weighted by Crippen LogP contribution is 2.30. The molecular weight excluding hydrogens is 326 g/mol. The molecule has 5 nitrogen and oxygen atoms in total. The Morgan fingerprint density at radius 1 is 0.654 bits per heavy atom. The Labute approximate surface area is 154 Å². The molecule has 1 aromatic heterocycles. The predicted octanol–water partition coefficient (Wildman–Crippen LogP) is 4.57. The van der Waals surface area contributed by atoms with Gasteiger partial charge in [0.1, 0.15) is 22.9 Å². The maximum Gasteiger partial charge on any atom is 0.151 e. The van der Waals surface area contributed by atoms with E-state index in [1.54, 1.807) is 0 Å². The molecule has 0 bridgehead atoms. The molecular formula is C21H23N3O2. The number of aryl methyl sites for hydroxylation is 1. The molecule has 0 radical (unpaired) electrons. The average molecular weight is 349 g/mol.